The summed E-state index contributed by atoms with van der Waals surface area (Å²) in [5, 5.41) is 4.37. The largest absolute Gasteiger partial charge is 0.292 e. The average Bonchev–Trinajstić information content (AvgIpc) is 2.89. The van der Waals surface area contributed by atoms with E-state index in [1.54, 1.807) is 4.68 Å². The molecule has 1 aromatic heterocycles. The van der Waals surface area contributed by atoms with Crippen LogP contribution in [0.5, 0.6) is 0 Å². The van der Waals surface area contributed by atoms with Crippen LogP contribution in [0, 0.1) is 5.92 Å². The minimum atomic E-state index is 0.0532. The fraction of sp³-hybridized carbons (Fsp3) is 0.636. The van der Waals surface area contributed by atoms with Gasteiger partial charge in [0.15, 0.2) is 5.78 Å². The molecule has 0 aromatic carbocycles. The summed E-state index contributed by atoms with van der Waals surface area (Å²) in [6, 6.07) is 1.96. The quantitative estimate of drug-likeness (QED) is 0.688. The van der Waals surface area contributed by atoms with Gasteiger partial charge in [-0.15, -0.1) is 0 Å². The van der Waals surface area contributed by atoms with Crippen molar-refractivity contribution in [2.24, 2.45) is 13.0 Å². The molecule has 1 saturated carbocycles. The van der Waals surface area contributed by atoms with E-state index in [9.17, 15) is 4.79 Å². The Labute approximate surface area is 84.1 Å². The van der Waals surface area contributed by atoms with Crippen molar-refractivity contribution in [3.63, 3.8) is 0 Å². The van der Waals surface area contributed by atoms with Crippen molar-refractivity contribution in [2.75, 3.05) is 0 Å². The number of Topliss-reactive ketones (excluding diaryl/α,β-unsaturated/α-hetero) is 1. The van der Waals surface area contributed by atoms with Gasteiger partial charge in [-0.1, -0.05) is 13.8 Å². The van der Waals surface area contributed by atoms with Crippen molar-refractivity contribution in [3.05, 3.63) is 17.5 Å². The Morgan fingerprint density at radius 3 is 2.71 bits per heavy atom. The molecule has 1 heterocycles. The molecule has 2 rings (SSSR count). The van der Waals surface area contributed by atoms with Crippen LogP contribution in [0.1, 0.15) is 48.8 Å². The Morgan fingerprint density at radius 1 is 1.57 bits per heavy atom. The minimum Gasteiger partial charge on any atom is -0.292 e. The number of carbonyl (C=O) groups excluding carboxylic acids is 1. The number of rotatable bonds is 3. The van der Waals surface area contributed by atoms with Gasteiger partial charge < -0.3 is 0 Å². The second-order valence-electron chi connectivity index (χ2n) is 4.37. The molecule has 3 nitrogen and oxygen atoms in total. The van der Waals surface area contributed by atoms with E-state index in [1.165, 1.54) is 12.8 Å². The molecule has 1 aromatic rings. The summed E-state index contributed by atoms with van der Waals surface area (Å²) >= 11 is 0. The van der Waals surface area contributed by atoms with Gasteiger partial charge in [0, 0.05) is 18.9 Å². The first-order valence-corrected chi connectivity index (χ1v) is 5.17. The molecule has 0 radical (unpaired) electrons. The average molecular weight is 192 g/mol. The molecular formula is C11H16N2O. The van der Waals surface area contributed by atoms with E-state index in [-0.39, 0.29) is 11.7 Å². The number of nitrogens with zero attached hydrogens (tertiary/aromatic N) is 2. The second kappa shape index (κ2) is 3.23. The highest BCUT2D eigenvalue weighted by atomic mass is 16.1. The Hall–Kier alpha value is -1.12. The third-order valence-electron chi connectivity index (χ3n) is 2.67. The van der Waals surface area contributed by atoms with Crippen molar-refractivity contribution < 1.29 is 4.79 Å². The molecule has 1 aliphatic carbocycles. The number of hydrogen-bond acceptors (Lipinski definition) is 2. The third-order valence-corrected chi connectivity index (χ3v) is 2.67. The normalized spacial score (nSPS) is 16.3. The first-order chi connectivity index (χ1) is 6.59. The van der Waals surface area contributed by atoms with Gasteiger partial charge in [-0.25, -0.2) is 0 Å². The van der Waals surface area contributed by atoms with Gasteiger partial charge in [-0.3, -0.25) is 9.48 Å². The molecule has 0 bridgehead atoms. The Kier molecular flexibility index (Phi) is 2.17. The topological polar surface area (TPSA) is 34.9 Å². The van der Waals surface area contributed by atoms with Crippen LogP contribution in [-0.4, -0.2) is 15.6 Å². The maximum atomic E-state index is 11.8. The lowest BCUT2D eigenvalue weighted by Crippen LogP contribution is -2.12. The lowest BCUT2D eigenvalue weighted by atomic mass is 10.1. The highest BCUT2D eigenvalue weighted by Gasteiger charge is 2.28. The number of carbonyl (C=O) groups is 1. The minimum absolute atomic E-state index is 0.0532. The van der Waals surface area contributed by atoms with Crippen molar-refractivity contribution >= 4 is 5.78 Å². The van der Waals surface area contributed by atoms with Crippen LogP contribution in [0.3, 0.4) is 0 Å². The first kappa shape index (κ1) is 9.44. The van der Waals surface area contributed by atoms with E-state index < -0.39 is 0 Å². The maximum Gasteiger partial charge on any atom is 0.183 e. The number of ketones is 1. The first-order valence-electron chi connectivity index (χ1n) is 5.17. The van der Waals surface area contributed by atoms with Gasteiger partial charge in [0.25, 0.3) is 0 Å². The van der Waals surface area contributed by atoms with E-state index in [2.05, 4.69) is 5.10 Å². The predicted molar refractivity (Wildman–Crippen MR) is 54.4 cm³/mol. The zero-order chi connectivity index (χ0) is 10.3. The smallest absolute Gasteiger partial charge is 0.183 e. The highest BCUT2D eigenvalue weighted by molar-refractivity contribution is 5.96. The lowest BCUT2D eigenvalue weighted by Gasteiger charge is -2.02. The summed E-state index contributed by atoms with van der Waals surface area (Å²) in [5.41, 5.74) is 1.85. The molecule has 3 heteroatoms. The monoisotopic (exact) mass is 192 g/mol. The fourth-order valence-corrected chi connectivity index (χ4v) is 1.59. The van der Waals surface area contributed by atoms with Gasteiger partial charge in [0.05, 0.1) is 5.69 Å². The summed E-state index contributed by atoms with van der Waals surface area (Å²) in [7, 11) is 1.85. The summed E-state index contributed by atoms with van der Waals surface area (Å²) in [5.74, 6) is 0.860. The van der Waals surface area contributed by atoms with Crippen LogP contribution in [0.4, 0.5) is 0 Å². The predicted octanol–water partition coefficient (Wildman–Crippen LogP) is 2.14. The van der Waals surface area contributed by atoms with Crippen LogP contribution < -0.4 is 0 Å². The lowest BCUT2D eigenvalue weighted by molar-refractivity contribution is 0.0930. The molecule has 0 aliphatic heterocycles. The van der Waals surface area contributed by atoms with Crippen molar-refractivity contribution in [1.29, 1.82) is 0 Å². The highest BCUT2D eigenvalue weighted by Crippen LogP contribution is 2.39. The fourth-order valence-electron chi connectivity index (χ4n) is 1.59. The van der Waals surface area contributed by atoms with Gasteiger partial charge in [-0.2, -0.15) is 5.10 Å². The molecule has 1 fully saturated rings. The zero-order valence-electron chi connectivity index (χ0n) is 8.95. The summed E-state index contributed by atoms with van der Waals surface area (Å²) < 4.78 is 1.72. The third kappa shape index (κ3) is 1.59. The van der Waals surface area contributed by atoms with Crippen molar-refractivity contribution in [3.8, 4) is 0 Å². The molecule has 0 saturated heterocycles. The summed E-state index contributed by atoms with van der Waals surface area (Å²) in [6.45, 7) is 3.85. The van der Waals surface area contributed by atoms with Gasteiger partial charge in [-0.05, 0) is 18.9 Å². The van der Waals surface area contributed by atoms with Gasteiger partial charge >= 0.3 is 0 Å². The number of aromatic nitrogens is 2. The molecule has 76 valence electrons. The standard InChI is InChI=1S/C11H16N2O/c1-7(2)11(14)10-6-9(8-4-5-8)12-13(10)3/h6-8H,4-5H2,1-3H3. The van der Waals surface area contributed by atoms with Gasteiger partial charge in [0.2, 0.25) is 0 Å². The molecule has 0 unspecified atom stereocenters. The van der Waals surface area contributed by atoms with E-state index in [1.807, 2.05) is 27.0 Å². The zero-order valence-corrected chi connectivity index (χ0v) is 8.95. The number of aryl methyl sites for hydroxylation is 1. The van der Waals surface area contributed by atoms with Crippen LogP contribution in [-0.2, 0) is 7.05 Å². The molecule has 0 atom stereocenters. The Morgan fingerprint density at radius 2 is 2.21 bits per heavy atom. The summed E-state index contributed by atoms with van der Waals surface area (Å²) in [4.78, 5) is 11.8. The number of hydrogen-bond donors (Lipinski definition) is 0. The van der Waals surface area contributed by atoms with Crippen LogP contribution >= 0.6 is 0 Å². The molecule has 0 amide bonds. The molecule has 0 N–H and O–H groups in total. The SMILES string of the molecule is CC(C)C(=O)c1cc(C2CC2)nn1C. The maximum absolute atomic E-state index is 11.8. The molecule has 1 aliphatic rings. The van der Waals surface area contributed by atoms with E-state index in [0.29, 0.717) is 5.92 Å². The molecule has 14 heavy (non-hydrogen) atoms. The van der Waals surface area contributed by atoms with Crippen molar-refractivity contribution in [1.82, 2.24) is 9.78 Å². The van der Waals surface area contributed by atoms with Gasteiger partial charge in [0.1, 0.15) is 5.69 Å². The van der Waals surface area contributed by atoms with Crippen LogP contribution in [0.15, 0.2) is 6.07 Å². The van der Waals surface area contributed by atoms with Crippen LogP contribution in [0.2, 0.25) is 0 Å². The van der Waals surface area contributed by atoms with Crippen LogP contribution in [0.25, 0.3) is 0 Å². The molecule has 0 spiro atoms. The second-order valence-corrected chi connectivity index (χ2v) is 4.37. The van der Waals surface area contributed by atoms with E-state index in [0.717, 1.165) is 11.4 Å². The summed E-state index contributed by atoms with van der Waals surface area (Å²) in [6.07, 6.45) is 2.46. The molecular weight excluding hydrogens is 176 g/mol. The Balaban J connectivity index is 2.28. The van der Waals surface area contributed by atoms with Crippen molar-refractivity contribution in [2.45, 2.75) is 32.6 Å². The Bertz CT molecular complexity index is 361. The van der Waals surface area contributed by atoms with E-state index in [4.69, 9.17) is 0 Å². The van der Waals surface area contributed by atoms with E-state index >= 15 is 0 Å².